The number of aromatic nitrogens is 2. The van der Waals surface area contributed by atoms with Crippen molar-refractivity contribution < 1.29 is 9.53 Å². The van der Waals surface area contributed by atoms with E-state index in [1.54, 1.807) is 12.5 Å². The average molecular weight is 349 g/mol. The summed E-state index contributed by atoms with van der Waals surface area (Å²) >= 11 is 0. The van der Waals surface area contributed by atoms with Gasteiger partial charge >= 0.3 is 0 Å². The number of nitrogens with one attached hydrogen (secondary N) is 1. The molecule has 0 bridgehead atoms. The number of hydrogen-bond acceptors (Lipinski definition) is 3. The number of carbonyl (C=O) groups is 1. The standard InChI is InChI=1S/C21H23N3O2/c25-21(17-10-11-24-15-22-13-18(24)12-17)23-19-8-4-5-9-20(19)26-14-16-6-2-1-3-7-16/h1-3,6-7,10-13,15,19-20H,4-5,8-9,14H2,(H,23,25)/t19-,20+/m0/s1. The molecule has 0 radical (unpaired) electrons. The first kappa shape index (κ1) is 16.8. The van der Waals surface area contributed by atoms with Gasteiger partial charge in [-0.25, -0.2) is 4.98 Å². The van der Waals surface area contributed by atoms with Crippen LogP contribution in [0, 0.1) is 0 Å². The zero-order valence-corrected chi connectivity index (χ0v) is 14.7. The Morgan fingerprint density at radius 3 is 2.92 bits per heavy atom. The molecule has 134 valence electrons. The van der Waals surface area contributed by atoms with Gasteiger partial charge in [-0.05, 0) is 30.5 Å². The van der Waals surface area contributed by atoms with Gasteiger partial charge in [0.25, 0.3) is 5.91 Å². The largest absolute Gasteiger partial charge is 0.371 e. The number of nitrogens with zero attached hydrogens (tertiary/aromatic N) is 2. The van der Waals surface area contributed by atoms with Crippen molar-refractivity contribution in [3.8, 4) is 0 Å². The predicted molar refractivity (Wildman–Crippen MR) is 99.9 cm³/mol. The quantitative estimate of drug-likeness (QED) is 0.766. The highest BCUT2D eigenvalue weighted by molar-refractivity contribution is 5.95. The highest BCUT2D eigenvalue weighted by Gasteiger charge is 2.27. The number of imidazole rings is 1. The van der Waals surface area contributed by atoms with Crippen LogP contribution in [-0.4, -0.2) is 27.4 Å². The maximum atomic E-state index is 12.7. The van der Waals surface area contributed by atoms with Gasteiger partial charge in [-0.2, -0.15) is 0 Å². The van der Waals surface area contributed by atoms with Crippen LogP contribution in [0.25, 0.3) is 5.52 Å². The van der Waals surface area contributed by atoms with Gasteiger partial charge in [-0.15, -0.1) is 0 Å². The van der Waals surface area contributed by atoms with E-state index < -0.39 is 0 Å². The normalized spacial score (nSPS) is 20.2. The summed E-state index contributed by atoms with van der Waals surface area (Å²) in [5, 5.41) is 3.18. The summed E-state index contributed by atoms with van der Waals surface area (Å²) in [5.41, 5.74) is 2.73. The molecule has 1 amide bonds. The Balaban J connectivity index is 1.41. The van der Waals surface area contributed by atoms with Gasteiger partial charge in [-0.1, -0.05) is 43.2 Å². The molecule has 1 saturated carbocycles. The van der Waals surface area contributed by atoms with E-state index >= 15 is 0 Å². The summed E-state index contributed by atoms with van der Waals surface area (Å²) in [4.78, 5) is 16.8. The van der Waals surface area contributed by atoms with E-state index in [2.05, 4.69) is 22.4 Å². The van der Waals surface area contributed by atoms with E-state index in [9.17, 15) is 4.79 Å². The van der Waals surface area contributed by atoms with Gasteiger partial charge in [-0.3, -0.25) is 4.79 Å². The van der Waals surface area contributed by atoms with Crippen molar-refractivity contribution in [1.82, 2.24) is 14.7 Å². The van der Waals surface area contributed by atoms with Crippen molar-refractivity contribution in [1.29, 1.82) is 0 Å². The van der Waals surface area contributed by atoms with Gasteiger partial charge in [0.1, 0.15) is 0 Å². The zero-order valence-electron chi connectivity index (χ0n) is 14.7. The molecule has 0 aliphatic heterocycles. The third-order valence-electron chi connectivity index (χ3n) is 5.00. The van der Waals surface area contributed by atoms with Crippen molar-refractivity contribution in [2.45, 2.75) is 44.4 Å². The molecule has 26 heavy (non-hydrogen) atoms. The lowest BCUT2D eigenvalue weighted by atomic mass is 9.92. The van der Waals surface area contributed by atoms with Gasteiger partial charge < -0.3 is 14.5 Å². The minimum Gasteiger partial charge on any atom is -0.371 e. The Bertz CT molecular complexity index is 875. The maximum Gasteiger partial charge on any atom is 0.251 e. The number of rotatable bonds is 5. The molecule has 1 aromatic carbocycles. The molecule has 1 aliphatic rings. The van der Waals surface area contributed by atoms with E-state index in [1.807, 2.05) is 40.9 Å². The number of amides is 1. The molecule has 0 saturated heterocycles. The van der Waals surface area contributed by atoms with Crippen LogP contribution < -0.4 is 5.32 Å². The molecule has 2 atom stereocenters. The highest BCUT2D eigenvalue weighted by atomic mass is 16.5. The summed E-state index contributed by atoms with van der Waals surface area (Å²) in [6, 6.07) is 13.9. The summed E-state index contributed by atoms with van der Waals surface area (Å²) in [5.74, 6) is -0.0473. The van der Waals surface area contributed by atoms with Crippen molar-refractivity contribution >= 4 is 11.4 Å². The fraction of sp³-hybridized carbons (Fsp3) is 0.333. The first-order valence-corrected chi connectivity index (χ1v) is 9.18. The number of hydrogen-bond donors (Lipinski definition) is 1. The first-order valence-electron chi connectivity index (χ1n) is 9.18. The third kappa shape index (κ3) is 3.78. The van der Waals surface area contributed by atoms with Gasteiger partial charge in [0.05, 0.1) is 36.8 Å². The SMILES string of the molecule is O=C(N[C@H]1CCCC[C@H]1OCc1ccccc1)c1ccn2cncc2c1. The molecule has 2 aromatic heterocycles. The Morgan fingerprint density at radius 2 is 2.04 bits per heavy atom. The summed E-state index contributed by atoms with van der Waals surface area (Å²) in [7, 11) is 0. The molecule has 1 fully saturated rings. The molecule has 0 unspecified atom stereocenters. The van der Waals surface area contributed by atoms with Crippen LogP contribution in [0.2, 0.25) is 0 Å². The smallest absolute Gasteiger partial charge is 0.251 e. The number of benzene rings is 1. The minimum absolute atomic E-state index is 0.0473. The molecular weight excluding hydrogens is 326 g/mol. The maximum absolute atomic E-state index is 12.7. The molecule has 5 heteroatoms. The van der Waals surface area contributed by atoms with E-state index in [1.165, 1.54) is 0 Å². The van der Waals surface area contributed by atoms with Crippen LogP contribution in [0.5, 0.6) is 0 Å². The average Bonchev–Trinajstić information content (AvgIpc) is 3.16. The van der Waals surface area contributed by atoms with Crippen LogP contribution in [0.4, 0.5) is 0 Å². The zero-order chi connectivity index (χ0) is 17.8. The lowest BCUT2D eigenvalue weighted by molar-refractivity contribution is -0.00461. The lowest BCUT2D eigenvalue weighted by Gasteiger charge is -2.32. The second-order valence-electron chi connectivity index (χ2n) is 6.84. The monoisotopic (exact) mass is 349 g/mol. The fourth-order valence-electron chi connectivity index (χ4n) is 3.55. The summed E-state index contributed by atoms with van der Waals surface area (Å²) in [6.07, 6.45) is 9.62. The highest BCUT2D eigenvalue weighted by Crippen LogP contribution is 2.23. The number of pyridine rings is 1. The summed E-state index contributed by atoms with van der Waals surface area (Å²) < 4.78 is 8.04. The van der Waals surface area contributed by atoms with Crippen LogP contribution in [0.15, 0.2) is 61.2 Å². The Labute approximate surface area is 153 Å². The molecule has 1 aliphatic carbocycles. The molecule has 2 heterocycles. The topological polar surface area (TPSA) is 55.6 Å². The number of ether oxygens (including phenoxy) is 1. The lowest BCUT2D eigenvalue weighted by Crippen LogP contribution is -2.46. The number of carbonyl (C=O) groups excluding carboxylic acids is 1. The van der Waals surface area contributed by atoms with Gasteiger partial charge in [0.2, 0.25) is 0 Å². The molecule has 5 nitrogen and oxygen atoms in total. The minimum atomic E-state index is -0.0473. The molecule has 1 N–H and O–H groups in total. The van der Waals surface area contributed by atoms with Crippen molar-refractivity contribution in [2.24, 2.45) is 0 Å². The Morgan fingerprint density at radius 1 is 1.19 bits per heavy atom. The third-order valence-corrected chi connectivity index (χ3v) is 5.00. The van der Waals surface area contributed by atoms with E-state index in [0.29, 0.717) is 12.2 Å². The van der Waals surface area contributed by atoms with Gasteiger partial charge in [0, 0.05) is 11.8 Å². The first-order chi connectivity index (χ1) is 12.8. The fourth-order valence-corrected chi connectivity index (χ4v) is 3.55. The molecule has 0 spiro atoms. The van der Waals surface area contributed by atoms with Crippen molar-refractivity contribution in [3.05, 3.63) is 72.3 Å². The Kier molecular flexibility index (Phi) is 4.97. The molecule has 4 rings (SSSR count). The summed E-state index contributed by atoms with van der Waals surface area (Å²) in [6.45, 7) is 0.583. The van der Waals surface area contributed by atoms with E-state index in [-0.39, 0.29) is 18.1 Å². The second-order valence-corrected chi connectivity index (χ2v) is 6.84. The molecular formula is C21H23N3O2. The molecule has 3 aromatic rings. The van der Waals surface area contributed by atoms with E-state index in [4.69, 9.17) is 4.74 Å². The van der Waals surface area contributed by atoms with E-state index in [0.717, 1.165) is 36.8 Å². The predicted octanol–water partition coefficient (Wildman–Crippen LogP) is 3.59. The van der Waals surface area contributed by atoms with Crippen molar-refractivity contribution in [3.63, 3.8) is 0 Å². The Hall–Kier alpha value is -2.66. The van der Waals surface area contributed by atoms with Crippen molar-refractivity contribution in [2.75, 3.05) is 0 Å². The second kappa shape index (κ2) is 7.70. The van der Waals surface area contributed by atoms with Crippen LogP contribution in [0.1, 0.15) is 41.6 Å². The van der Waals surface area contributed by atoms with Gasteiger partial charge in [0.15, 0.2) is 0 Å². The number of fused-ring (bicyclic) bond motifs is 1. The van der Waals surface area contributed by atoms with Crippen LogP contribution in [-0.2, 0) is 11.3 Å². The van der Waals surface area contributed by atoms with Crippen LogP contribution in [0.3, 0.4) is 0 Å². The van der Waals surface area contributed by atoms with Crippen LogP contribution >= 0.6 is 0 Å².